The molecule has 4 nitrogen and oxygen atoms in total. The number of nitrogens with zero attached hydrogens (tertiary/aromatic N) is 4. The van der Waals surface area contributed by atoms with Crippen molar-refractivity contribution in [1.82, 2.24) is 19.7 Å². The lowest BCUT2D eigenvalue weighted by Crippen LogP contribution is -2.06. The third kappa shape index (κ3) is 2.07. The lowest BCUT2D eigenvalue weighted by Gasteiger charge is -2.08. The molecule has 0 aliphatic rings. The predicted octanol–water partition coefficient (Wildman–Crippen LogP) is 2.58. The summed E-state index contributed by atoms with van der Waals surface area (Å²) in [5.74, 6) is 1.53. The maximum Gasteiger partial charge on any atom is 0.161 e. The topological polar surface area (TPSA) is 43.6 Å². The van der Waals surface area contributed by atoms with Crippen molar-refractivity contribution in [3.8, 4) is 5.82 Å². The van der Waals surface area contributed by atoms with Crippen molar-refractivity contribution in [1.29, 1.82) is 0 Å². The van der Waals surface area contributed by atoms with Crippen LogP contribution in [0.15, 0.2) is 18.5 Å². The highest BCUT2D eigenvalue weighted by molar-refractivity contribution is 6.30. The molecular weight excluding hydrogens is 224 g/mol. The van der Waals surface area contributed by atoms with Crippen LogP contribution >= 0.6 is 11.6 Å². The van der Waals surface area contributed by atoms with Crippen molar-refractivity contribution in [3.63, 3.8) is 0 Å². The lowest BCUT2D eigenvalue weighted by atomic mass is 10.3. The molecule has 0 aliphatic carbocycles. The first-order valence-electron chi connectivity index (χ1n) is 5.25. The zero-order valence-corrected chi connectivity index (χ0v) is 10.1. The van der Waals surface area contributed by atoms with Gasteiger partial charge in [0.25, 0.3) is 0 Å². The smallest absolute Gasteiger partial charge is 0.161 e. The molecule has 2 rings (SSSR count). The van der Waals surface area contributed by atoms with Crippen LogP contribution in [0.3, 0.4) is 0 Å². The molecular formula is C11H13ClN4. The van der Waals surface area contributed by atoms with Crippen LogP contribution in [0.4, 0.5) is 0 Å². The molecule has 16 heavy (non-hydrogen) atoms. The van der Waals surface area contributed by atoms with Crippen LogP contribution in [0.5, 0.6) is 0 Å². The van der Waals surface area contributed by atoms with Crippen LogP contribution in [0.2, 0.25) is 5.15 Å². The fraction of sp³-hybridized carbons (Fsp3) is 0.364. The molecule has 2 heterocycles. The van der Waals surface area contributed by atoms with Gasteiger partial charge in [-0.15, -0.1) is 0 Å². The first kappa shape index (κ1) is 11.1. The summed E-state index contributed by atoms with van der Waals surface area (Å²) < 4.78 is 1.71. The van der Waals surface area contributed by atoms with E-state index in [-0.39, 0.29) is 0 Å². The Bertz CT molecular complexity index is 479. The summed E-state index contributed by atoms with van der Waals surface area (Å²) in [6.45, 7) is 3.99. The van der Waals surface area contributed by atoms with Crippen molar-refractivity contribution in [2.45, 2.75) is 26.7 Å². The van der Waals surface area contributed by atoms with E-state index in [0.717, 1.165) is 30.0 Å². The largest absolute Gasteiger partial charge is 0.222 e. The molecule has 2 aromatic heterocycles. The molecule has 84 valence electrons. The average molecular weight is 237 g/mol. The summed E-state index contributed by atoms with van der Waals surface area (Å²) in [5, 5.41) is 4.66. The molecule has 5 heteroatoms. The van der Waals surface area contributed by atoms with Gasteiger partial charge < -0.3 is 0 Å². The Hall–Kier alpha value is -1.42. The maximum absolute atomic E-state index is 6.08. The molecule has 2 aromatic rings. The Morgan fingerprint density at radius 2 is 2.19 bits per heavy atom. The van der Waals surface area contributed by atoms with Gasteiger partial charge in [-0.05, 0) is 19.4 Å². The second-order valence-corrected chi connectivity index (χ2v) is 3.94. The molecule has 0 spiro atoms. The van der Waals surface area contributed by atoms with Crippen molar-refractivity contribution >= 4 is 11.6 Å². The zero-order valence-electron chi connectivity index (χ0n) is 9.31. The third-order valence-electron chi connectivity index (χ3n) is 2.30. The van der Waals surface area contributed by atoms with E-state index in [1.807, 2.05) is 19.2 Å². The van der Waals surface area contributed by atoms with E-state index in [9.17, 15) is 0 Å². The normalized spacial score (nSPS) is 10.7. The molecule has 0 bridgehead atoms. The van der Waals surface area contributed by atoms with Crippen molar-refractivity contribution in [2.75, 3.05) is 0 Å². The van der Waals surface area contributed by atoms with Crippen LogP contribution in [-0.2, 0) is 6.42 Å². The minimum absolute atomic E-state index is 0.504. The Morgan fingerprint density at radius 1 is 1.38 bits per heavy atom. The van der Waals surface area contributed by atoms with Crippen molar-refractivity contribution < 1.29 is 0 Å². The molecule has 0 unspecified atom stereocenters. The zero-order chi connectivity index (χ0) is 11.5. The van der Waals surface area contributed by atoms with Gasteiger partial charge in [-0.1, -0.05) is 18.5 Å². The minimum Gasteiger partial charge on any atom is -0.222 e. The summed E-state index contributed by atoms with van der Waals surface area (Å²) in [5.41, 5.74) is 0.852. The van der Waals surface area contributed by atoms with Gasteiger partial charge in [-0.3, -0.25) is 0 Å². The van der Waals surface area contributed by atoms with Gasteiger partial charge in [-0.2, -0.15) is 5.10 Å². The highest BCUT2D eigenvalue weighted by atomic mass is 35.5. The van der Waals surface area contributed by atoms with Crippen molar-refractivity contribution in [3.05, 3.63) is 35.0 Å². The van der Waals surface area contributed by atoms with Crippen LogP contribution in [0, 0.1) is 6.92 Å². The molecule has 0 aromatic carbocycles. The summed E-state index contributed by atoms with van der Waals surface area (Å²) in [6.07, 6.45) is 5.39. The number of halogens is 1. The van der Waals surface area contributed by atoms with Gasteiger partial charge in [0.1, 0.15) is 11.0 Å². The third-order valence-corrected chi connectivity index (χ3v) is 2.67. The van der Waals surface area contributed by atoms with Crippen LogP contribution in [0.25, 0.3) is 5.82 Å². The Balaban J connectivity index is 2.51. The predicted molar refractivity (Wildman–Crippen MR) is 62.9 cm³/mol. The molecule has 0 aliphatic heterocycles. The van der Waals surface area contributed by atoms with E-state index in [1.165, 1.54) is 0 Å². The molecule has 0 amide bonds. The van der Waals surface area contributed by atoms with E-state index < -0.39 is 0 Å². The number of hydrogen-bond donors (Lipinski definition) is 0. The van der Waals surface area contributed by atoms with Crippen molar-refractivity contribution in [2.24, 2.45) is 0 Å². The molecule has 0 radical (unpaired) electrons. The van der Waals surface area contributed by atoms with Crippen LogP contribution in [0.1, 0.15) is 24.7 Å². The van der Waals surface area contributed by atoms with E-state index >= 15 is 0 Å². The number of hydrogen-bond acceptors (Lipinski definition) is 3. The summed E-state index contributed by atoms with van der Waals surface area (Å²) in [4.78, 5) is 8.72. The first-order chi connectivity index (χ1) is 7.72. The van der Waals surface area contributed by atoms with Gasteiger partial charge in [0.05, 0.1) is 0 Å². The molecule has 0 saturated heterocycles. The Kier molecular flexibility index (Phi) is 3.19. The monoisotopic (exact) mass is 236 g/mol. The van der Waals surface area contributed by atoms with Gasteiger partial charge in [0.2, 0.25) is 0 Å². The fourth-order valence-electron chi connectivity index (χ4n) is 1.47. The van der Waals surface area contributed by atoms with E-state index in [1.54, 1.807) is 10.9 Å². The summed E-state index contributed by atoms with van der Waals surface area (Å²) in [7, 11) is 0. The van der Waals surface area contributed by atoms with Crippen LogP contribution < -0.4 is 0 Å². The fourth-order valence-corrected chi connectivity index (χ4v) is 1.66. The van der Waals surface area contributed by atoms with E-state index in [2.05, 4.69) is 22.0 Å². The van der Waals surface area contributed by atoms with E-state index in [4.69, 9.17) is 11.6 Å². The van der Waals surface area contributed by atoms with Crippen LogP contribution in [-0.4, -0.2) is 19.7 Å². The quantitative estimate of drug-likeness (QED) is 0.770. The van der Waals surface area contributed by atoms with Gasteiger partial charge >= 0.3 is 0 Å². The number of rotatable bonds is 3. The van der Waals surface area contributed by atoms with Gasteiger partial charge in [0.15, 0.2) is 5.82 Å². The van der Waals surface area contributed by atoms with E-state index in [0.29, 0.717) is 5.15 Å². The second kappa shape index (κ2) is 4.61. The molecule has 0 fully saturated rings. The molecule has 0 atom stereocenters. The average Bonchev–Trinajstić information content (AvgIpc) is 2.76. The lowest BCUT2D eigenvalue weighted by molar-refractivity contribution is 0.777. The number of aromatic nitrogens is 4. The summed E-state index contributed by atoms with van der Waals surface area (Å²) in [6, 6.07) is 1.86. The number of aryl methyl sites for hydroxylation is 1. The Morgan fingerprint density at radius 3 is 2.81 bits per heavy atom. The highest BCUT2D eigenvalue weighted by Crippen LogP contribution is 2.18. The highest BCUT2D eigenvalue weighted by Gasteiger charge is 2.10. The SMILES string of the molecule is CCCc1nc(Cl)c(C)c(-n2cccn2)n1. The summed E-state index contributed by atoms with van der Waals surface area (Å²) >= 11 is 6.08. The van der Waals surface area contributed by atoms with Gasteiger partial charge in [0, 0.05) is 24.4 Å². The molecule has 0 N–H and O–H groups in total. The van der Waals surface area contributed by atoms with Gasteiger partial charge in [-0.25, -0.2) is 14.6 Å². The molecule has 0 saturated carbocycles. The maximum atomic E-state index is 6.08. The second-order valence-electron chi connectivity index (χ2n) is 3.58. The first-order valence-corrected chi connectivity index (χ1v) is 5.63. The Labute approximate surface area is 99.3 Å². The standard InChI is InChI=1S/C11H13ClN4/c1-3-5-9-14-10(12)8(2)11(15-9)16-7-4-6-13-16/h4,6-7H,3,5H2,1-2H3. The minimum atomic E-state index is 0.504.